The molecule has 0 aliphatic heterocycles. The normalized spacial score (nSPS) is 13.9. The predicted molar refractivity (Wildman–Crippen MR) is 84.5 cm³/mol. The molecule has 0 aromatic heterocycles. The van der Waals surface area contributed by atoms with E-state index in [2.05, 4.69) is 49.3 Å². The lowest BCUT2D eigenvalue weighted by atomic mass is 10.2. The molecule has 0 aliphatic rings. The maximum absolute atomic E-state index is 5.35. The van der Waals surface area contributed by atoms with E-state index < -0.39 is 0 Å². The van der Waals surface area contributed by atoms with Crippen molar-refractivity contribution >= 4 is 17.7 Å². The maximum Gasteiger partial charge on any atom is 0.187 e. The molecule has 1 aromatic rings. The molecular formula is C14H24N4S. The van der Waals surface area contributed by atoms with Crippen LogP contribution in [0.25, 0.3) is 0 Å². The Labute approximate surface area is 120 Å². The summed E-state index contributed by atoms with van der Waals surface area (Å²) >= 11 is 1.86. The number of thioether (sulfide) groups is 1. The molecule has 106 valence electrons. The molecule has 5 heteroatoms. The van der Waals surface area contributed by atoms with Crippen LogP contribution in [0.3, 0.4) is 0 Å². The molecule has 4 nitrogen and oxygen atoms in total. The lowest BCUT2D eigenvalue weighted by molar-refractivity contribution is 0.508. The summed E-state index contributed by atoms with van der Waals surface area (Å²) in [6.45, 7) is 8.34. The fourth-order valence-corrected chi connectivity index (χ4v) is 2.89. The molecule has 0 amide bonds. The zero-order valence-corrected chi connectivity index (χ0v) is 12.9. The molecule has 0 bridgehead atoms. The number of hydrogen-bond donors (Lipinski definition) is 3. The number of nitrogens with one attached hydrogen (secondary N) is 1. The Morgan fingerprint density at radius 3 is 2.63 bits per heavy atom. The van der Waals surface area contributed by atoms with Crippen molar-refractivity contribution in [1.82, 2.24) is 5.32 Å². The number of aliphatic imine (C=N–C) groups is 1. The quantitative estimate of drug-likeness (QED) is 0.423. The second kappa shape index (κ2) is 7.40. The summed E-state index contributed by atoms with van der Waals surface area (Å²) < 4.78 is 0. The molecule has 0 saturated carbocycles. The lowest BCUT2D eigenvalue weighted by Gasteiger charge is -2.17. The van der Waals surface area contributed by atoms with Gasteiger partial charge < -0.3 is 11.5 Å². The molecule has 0 heterocycles. The third-order valence-corrected chi connectivity index (χ3v) is 4.12. The number of aryl methyl sites for hydroxylation is 2. The highest BCUT2D eigenvalue weighted by Crippen LogP contribution is 2.24. The lowest BCUT2D eigenvalue weighted by Crippen LogP contribution is -2.37. The Kier molecular flexibility index (Phi) is 6.18. The van der Waals surface area contributed by atoms with Crippen molar-refractivity contribution in [1.29, 1.82) is 0 Å². The fraction of sp³-hybridized carbons (Fsp3) is 0.500. The van der Waals surface area contributed by atoms with Crippen LogP contribution in [0.4, 0.5) is 0 Å². The van der Waals surface area contributed by atoms with Crippen LogP contribution in [0.15, 0.2) is 28.1 Å². The van der Waals surface area contributed by atoms with Crippen LogP contribution in [0.1, 0.15) is 25.0 Å². The van der Waals surface area contributed by atoms with Crippen molar-refractivity contribution in [2.75, 3.05) is 5.75 Å². The summed E-state index contributed by atoms with van der Waals surface area (Å²) in [6.07, 6.45) is -0.0563. The van der Waals surface area contributed by atoms with Crippen LogP contribution in [0.2, 0.25) is 0 Å². The zero-order chi connectivity index (χ0) is 14.4. The Morgan fingerprint density at radius 2 is 2.00 bits per heavy atom. The van der Waals surface area contributed by atoms with Gasteiger partial charge in [0.15, 0.2) is 5.96 Å². The SMILES string of the molecule is Cc1ccc(C)c(SCC(C)NC(C)N=C(N)N)c1. The first-order valence-electron chi connectivity index (χ1n) is 6.43. The van der Waals surface area contributed by atoms with Crippen molar-refractivity contribution in [2.24, 2.45) is 16.5 Å². The molecule has 2 atom stereocenters. The van der Waals surface area contributed by atoms with Crippen LogP contribution < -0.4 is 16.8 Å². The van der Waals surface area contributed by atoms with Crippen molar-refractivity contribution in [2.45, 2.75) is 44.8 Å². The molecule has 0 fully saturated rings. The second-order valence-electron chi connectivity index (χ2n) is 4.88. The van der Waals surface area contributed by atoms with E-state index in [1.165, 1.54) is 16.0 Å². The minimum absolute atomic E-state index is 0.0563. The van der Waals surface area contributed by atoms with Gasteiger partial charge in [0.1, 0.15) is 6.17 Å². The topological polar surface area (TPSA) is 76.4 Å². The Morgan fingerprint density at radius 1 is 1.32 bits per heavy atom. The van der Waals surface area contributed by atoms with Gasteiger partial charge >= 0.3 is 0 Å². The van der Waals surface area contributed by atoms with E-state index in [9.17, 15) is 0 Å². The van der Waals surface area contributed by atoms with E-state index in [0.29, 0.717) is 6.04 Å². The smallest absolute Gasteiger partial charge is 0.187 e. The monoisotopic (exact) mass is 280 g/mol. The molecule has 1 aromatic carbocycles. The third kappa shape index (κ3) is 5.98. The summed E-state index contributed by atoms with van der Waals surface area (Å²) in [4.78, 5) is 5.39. The number of nitrogens with two attached hydrogens (primary N) is 2. The van der Waals surface area contributed by atoms with Crippen molar-refractivity contribution < 1.29 is 0 Å². The van der Waals surface area contributed by atoms with Gasteiger partial charge in [-0.2, -0.15) is 0 Å². The average Bonchev–Trinajstić information content (AvgIpc) is 2.29. The van der Waals surface area contributed by atoms with Crippen LogP contribution in [-0.4, -0.2) is 23.9 Å². The number of hydrogen-bond acceptors (Lipinski definition) is 3. The minimum Gasteiger partial charge on any atom is -0.370 e. The number of nitrogens with zero attached hydrogens (tertiary/aromatic N) is 1. The standard InChI is InChI=1S/C14H24N4S/c1-9-5-6-10(2)13(7-9)19-8-11(3)17-12(4)18-14(15)16/h5-7,11-12,17H,8H2,1-4H3,(H4,15,16,18). The molecule has 1 rings (SSSR count). The van der Waals surface area contributed by atoms with Crippen molar-refractivity contribution in [3.8, 4) is 0 Å². The predicted octanol–water partition coefficient (Wildman–Crippen LogP) is 1.99. The van der Waals surface area contributed by atoms with Gasteiger partial charge in [-0.1, -0.05) is 17.7 Å². The van der Waals surface area contributed by atoms with Gasteiger partial charge in [0.2, 0.25) is 0 Å². The van der Waals surface area contributed by atoms with E-state index in [4.69, 9.17) is 11.5 Å². The average molecular weight is 280 g/mol. The van der Waals surface area contributed by atoms with Crippen LogP contribution >= 0.6 is 11.8 Å². The highest BCUT2D eigenvalue weighted by molar-refractivity contribution is 7.99. The molecule has 19 heavy (non-hydrogen) atoms. The van der Waals surface area contributed by atoms with Gasteiger partial charge in [-0.05, 0) is 39.3 Å². The van der Waals surface area contributed by atoms with E-state index >= 15 is 0 Å². The molecule has 0 saturated heterocycles. The third-order valence-electron chi connectivity index (χ3n) is 2.70. The summed E-state index contributed by atoms with van der Waals surface area (Å²) in [7, 11) is 0. The Bertz CT molecular complexity index is 441. The fourth-order valence-electron chi connectivity index (χ4n) is 1.80. The van der Waals surface area contributed by atoms with Gasteiger partial charge in [0.25, 0.3) is 0 Å². The summed E-state index contributed by atoms with van der Waals surface area (Å²) in [5.41, 5.74) is 13.3. The van der Waals surface area contributed by atoms with Crippen LogP contribution in [0, 0.1) is 13.8 Å². The van der Waals surface area contributed by atoms with Gasteiger partial charge in [-0.3, -0.25) is 5.32 Å². The largest absolute Gasteiger partial charge is 0.370 e. The Hall–Kier alpha value is -1.20. The van der Waals surface area contributed by atoms with Crippen LogP contribution in [0.5, 0.6) is 0 Å². The first kappa shape index (κ1) is 15.9. The molecule has 0 radical (unpaired) electrons. The van der Waals surface area contributed by atoms with E-state index in [-0.39, 0.29) is 12.1 Å². The molecular weight excluding hydrogens is 256 g/mol. The zero-order valence-electron chi connectivity index (χ0n) is 12.1. The van der Waals surface area contributed by atoms with Gasteiger partial charge in [-0.15, -0.1) is 11.8 Å². The van der Waals surface area contributed by atoms with Gasteiger partial charge in [-0.25, -0.2) is 4.99 Å². The second-order valence-corrected chi connectivity index (χ2v) is 5.94. The van der Waals surface area contributed by atoms with E-state index in [0.717, 1.165) is 5.75 Å². The van der Waals surface area contributed by atoms with E-state index in [1.54, 1.807) is 0 Å². The molecule has 0 aliphatic carbocycles. The number of guanidine groups is 1. The molecule has 0 spiro atoms. The highest BCUT2D eigenvalue weighted by Gasteiger charge is 2.08. The number of benzene rings is 1. The first-order chi connectivity index (χ1) is 8.88. The maximum atomic E-state index is 5.35. The summed E-state index contributed by atoms with van der Waals surface area (Å²) in [5.74, 6) is 1.10. The van der Waals surface area contributed by atoms with Crippen LogP contribution in [-0.2, 0) is 0 Å². The van der Waals surface area contributed by atoms with Crippen molar-refractivity contribution in [3.63, 3.8) is 0 Å². The molecule has 2 unspecified atom stereocenters. The van der Waals surface area contributed by atoms with E-state index in [1.807, 2.05) is 18.7 Å². The first-order valence-corrected chi connectivity index (χ1v) is 7.42. The summed E-state index contributed by atoms with van der Waals surface area (Å²) in [6, 6.07) is 6.87. The minimum atomic E-state index is -0.0563. The van der Waals surface area contributed by atoms with Gasteiger partial charge in [0, 0.05) is 16.7 Å². The highest BCUT2D eigenvalue weighted by atomic mass is 32.2. The van der Waals surface area contributed by atoms with Gasteiger partial charge in [0.05, 0.1) is 0 Å². The molecule has 5 N–H and O–H groups in total. The van der Waals surface area contributed by atoms with Crippen molar-refractivity contribution in [3.05, 3.63) is 29.3 Å². The summed E-state index contributed by atoms with van der Waals surface area (Å²) in [5, 5.41) is 3.35. The Balaban J connectivity index is 2.48. The number of rotatable bonds is 6.